The van der Waals surface area contributed by atoms with Crippen LogP contribution >= 0.6 is 0 Å². The highest BCUT2D eigenvalue weighted by molar-refractivity contribution is 5.80. The van der Waals surface area contributed by atoms with E-state index in [1.807, 2.05) is 0 Å². The van der Waals surface area contributed by atoms with E-state index in [1.54, 1.807) is 12.1 Å². The third-order valence-corrected chi connectivity index (χ3v) is 2.81. The molecule has 1 fully saturated rings. The third-order valence-electron chi connectivity index (χ3n) is 2.81. The van der Waals surface area contributed by atoms with Crippen molar-refractivity contribution in [3.8, 4) is 0 Å². The molecule has 0 spiro atoms. The molecule has 0 bridgehead atoms. The Morgan fingerprint density at radius 3 is 2.53 bits per heavy atom. The van der Waals surface area contributed by atoms with Gasteiger partial charge in [0.1, 0.15) is 0 Å². The van der Waals surface area contributed by atoms with Crippen LogP contribution in [0.25, 0.3) is 0 Å². The summed E-state index contributed by atoms with van der Waals surface area (Å²) in [7, 11) is 0. The summed E-state index contributed by atoms with van der Waals surface area (Å²) in [6.07, 6.45) is 2.71. The van der Waals surface area contributed by atoms with Gasteiger partial charge in [-0.2, -0.15) is 0 Å². The van der Waals surface area contributed by atoms with Crippen LogP contribution < -0.4 is 5.32 Å². The number of carbonyl (C=O) groups is 1. The van der Waals surface area contributed by atoms with Crippen molar-refractivity contribution in [3.05, 3.63) is 39.9 Å². The maximum atomic E-state index is 11.3. The van der Waals surface area contributed by atoms with Crippen LogP contribution in [0, 0.1) is 16.0 Å². The van der Waals surface area contributed by atoms with Gasteiger partial charge in [0.05, 0.1) is 4.92 Å². The molecule has 0 unspecified atom stereocenters. The van der Waals surface area contributed by atoms with Crippen LogP contribution in [0.3, 0.4) is 0 Å². The molecule has 1 aromatic carbocycles. The predicted octanol–water partition coefficient (Wildman–Crippen LogP) is 1.66. The summed E-state index contributed by atoms with van der Waals surface area (Å²) < 4.78 is 0. The molecule has 1 N–H and O–H groups in total. The number of nitrogens with zero attached hydrogens (tertiary/aromatic N) is 1. The van der Waals surface area contributed by atoms with Crippen LogP contribution in [0.1, 0.15) is 18.4 Å². The van der Waals surface area contributed by atoms with Gasteiger partial charge in [-0.15, -0.1) is 0 Å². The Kier molecular flexibility index (Phi) is 3.37. The van der Waals surface area contributed by atoms with E-state index in [4.69, 9.17) is 0 Å². The molecule has 2 rings (SSSR count). The average Bonchev–Trinajstić information content (AvgIpc) is 3.13. The minimum Gasteiger partial charge on any atom is -0.356 e. The fourth-order valence-electron chi connectivity index (χ4n) is 1.60. The summed E-state index contributed by atoms with van der Waals surface area (Å²) in [5.41, 5.74) is 1.09. The van der Waals surface area contributed by atoms with Crippen molar-refractivity contribution in [2.75, 3.05) is 6.54 Å². The second-order valence-corrected chi connectivity index (χ2v) is 4.24. The van der Waals surface area contributed by atoms with Crippen molar-refractivity contribution in [1.29, 1.82) is 0 Å². The van der Waals surface area contributed by atoms with Crippen LogP contribution in [0.4, 0.5) is 5.69 Å². The summed E-state index contributed by atoms with van der Waals surface area (Å²) >= 11 is 0. The van der Waals surface area contributed by atoms with Gasteiger partial charge in [-0.05, 0) is 24.8 Å². The second kappa shape index (κ2) is 4.95. The van der Waals surface area contributed by atoms with Gasteiger partial charge in [0.2, 0.25) is 5.91 Å². The van der Waals surface area contributed by atoms with E-state index in [1.165, 1.54) is 12.1 Å². The number of hydrogen-bond acceptors (Lipinski definition) is 3. The van der Waals surface area contributed by atoms with Crippen LogP contribution in [-0.4, -0.2) is 17.4 Å². The van der Waals surface area contributed by atoms with Gasteiger partial charge >= 0.3 is 0 Å². The minimum atomic E-state index is -0.418. The van der Waals surface area contributed by atoms with Crippen molar-refractivity contribution >= 4 is 11.6 Å². The van der Waals surface area contributed by atoms with Gasteiger partial charge in [-0.25, -0.2) is 0 Å². The lowest BCUT2D eigenvalue weighted by Crippen LogP contribution is -2.26. The Balaban J connectivity index is 1.78. The Morgan fingerprint density at radius 2 is 2.00 bits per heavy atom. The van der Waals surface area contributed by atoms with Crippen LogP contribution in [0.15, 0.2) is 24.3 Å². The summed E-state index contributed by atoms with van der Waals surface area (Å²) in [4.78, 5) is 21.4. The number of non-ortho nitro benzene ring substituents is 1. The molecule has 1 saturated carbocycles. The standard InChI is InChI=1S/C12H14N2O3/c15-12(10-3-4-10)13-8-7-9-1-5-11(6-2-9)14(16)17/h1-2,5-6,10H,3-4,7-8H2,(H,13,15). The molecule has 1 aliphatic carbocycles. The number of carbonyl (C=O) groups excluding carboxylic acids is 1. The third kappa shape index (κ3) is 3.27. The van der Waals surface area contributed by atoms with Crippen molar-refractivity contribution in [1.82, 2.24) is 5.32 Å². The molecule has 0 heterocycles. The first-order chi connectivity index (χ1) is 8.16. The van der Waals surface area contributed by atoms with Gasteiger partial charge < -0.3 is 5.32 Å². The molecular weight excluding hydrogens is 220 g/mol. The van der Waals surface area contributed by atoms with Crippen molar-refractivity contribution < 1.29 is 9.72 Å². The predicted molar refractivity (Wildman–Crippen MR) is 62.5 cm³/mol. The zero-order chi connectivity index (χ0) is 12.3. The average molecular weight is 234 g/mol. The Labute approximate surface area is 99.0 Å². The van der Waals surface area contributed by atoms with Crippen LogP contribution in [-0.2, 0) is 11.2 Å². The van der Waals surface area contributed by atoms with Crippen molar-refractivity contribution in [3.63, 3.8) is 0 Å². The Morgan fingerprint density at radius 1 is 1.35 bits per heavy atom. The molecule has 17 heavy (non-hydrogen) atoms. The SMILES string of the molecule is O=C(NCCc1ccc([N+](=O)[O-])cc1)C1CC1. The number of hydrogen-bond donors (Lipinski definition) is 1. The maximum absolute atomic E-state index is 11.3. The molecule has 0 atom stereocenters. The molecule has 5 nitrogen and oxygen atoms in total. The van der Waals surface area contributed by atoms with E-state index in [0.29, 0.717) is 13.0 Å². The van der Waals surface area contributed by atoms with Crippen LogP contribution in [0.5, 0.6) is 0 Å². The van der Waals surface area contributed by atoms with E-state index >= 15 is 0 Å². The zero-order valence-electron chi connectivity index (χ0n) is 9.39. The van der Waals surface area contributed by atoms with Crippen molar-refractivity contribution in [2.24, 2.45) is 5.92 Å². The quantitative estimate of drug-likeness (QED) is 0.622. The molecule has 1 aromatic rings. The highest BCUT2D eigenvalue weighted by atomic mass is 16.6. The lowest BCUT2D eigenvalue weighted by atomic mass is 10.1. The summed E-state index contributed by atoms with van der Waals surface area (Å²) in [6, 6.07) is 6.42. The van der Waals surface area contributed by atoms with Gasteiger partial charge in [0, 0.05) is 24.6 Å². The van der Waals surface area contributed by atoms with Gasteiger partial charge in [-0.1, -0.05) is 12.1 Å². The summed E-state index contributed by atoms with van der Waals surface area (Å²) in [6.45, 7) is 0.590. The first kappa shape index (κ1) is 11.6. The highest BCUT2D eigenvalue weighted by Crippen LogP contribution is 2.28. The molecule has 5 heteroatoms. The second-order valence-electron chi connectivity index (χ2n) is 4.24. The fourth-order valence-corrected chi connectivity index (χ4v) is 1.60. The summed E-state index contributed by atoms with van der Waals surface area (Å²) in [5, 5.41) is 13.3. The monoisotopic (exact) mass is 234 g/mol. The first-order valence-corrected chi connectivity index (χ1v) is 5.68. The summed E-state index contributed by atoms with van der Waals surface area (Å²) in [5.74, 6) is 0.360. The van der Waals surface area contributed by atoms with Gasteiger partial charge in [0.15, 0.2) is 0 Å². The molecule has 0 aromatic heterocycles. The molecule has 0 saturated heterocycles. The molecule has 0 radical (unpaired) electrons. The normalized spacial score (nSPS) is 14.4. The number of benzene rings is 1. The van der Waals surface area contributed by atoms with E-state index in [-0.39, 0.29) is 17.5 Å². The molecule has 1 amide bonds. The number of amides is 1. The largest absolute Gasteiger partial charge is 0.356 e. The smallest absolute Gasteiger partial charge is 0.269 e. The van der Waals surface area contributed by atoms with E-state index in [9.17, 15) is 14.9 Å². The number of nitro benzene ring substituents is 1. The Bertz CT molecular complexity index is 424. The lowest BCUT2D eigenvalue weighted by molar-refractivity contribution is -0.384. The molecular formula is C12H14N2O3. The zero-order valence-corrected chi connectivity index (χ0v) is 9.39. The van der Waals surface area contributed by atoms with Crippen LogP contribution in [0.2, 0.25) is 0 Å². The number of nitrogens with one attached hydrogen (secondary N) is 1. The first-order valence-electron chi connectivity index (χ1n) is 5.68. The number of rotatable bonds is 5. The molecule has 0 aliphatic heterocycles. The van der Waals surface area contributed by atoms with Crippen molar-refractivity contribution in [2.45, 2.75) is 19.3 Å². The van der Waals surface area contributed by atoms with Gasteiger partial charge in [-0.3, -0.25) is 14.9 Å². The molecule has 1 aliphatic rings. The van der Waals surface area contributed by atoms with E-state index in [0.717, 1.165) is 18.4 Å². The minimum absolute atomic E-state index is 0.0933. The number of nitro groups is 1. The van der Waals surface area contributed by atoms with E-state index in [2.05, 4.69) is 5.32 Å². The van der Waals surface area contributed by atoms with E-state index < -0.39 is 4.92 Å². The highest BCUT2D eigenvalue weighted by Gasteiger charge is 2.28. The maximum Gasteiger partial charge on any atom is 0.269 e. The van der Waals surface area contributed by atoms with Gasteiger partial charge in [0.25, 0.3) is 5.69 Å². The fraction of sp³-hybridized carbons (Fsp3) is 0.417. The Hall–Kier alpha value is -1.91. The topological polar surface area (TPSA) is 72.2 Å². The lowest BCUT2D eigenvalue weighted by Gasteiger charge is -2.04. The molecule has 90 valence electrons.